The Labute approximate surface area is 111 Å². The van der Waals surface area contributed by atoms with E-state index >= 15 is 0 Å². The van der Waals surface area contributed by atoms with Gasteiger partial charge in [0.1, 0.15) is 5.76 Å². The van der Waals surface area contributed by atoms with Crippen LogP contribution in [-0.2, 0) is 19.5 Å². The quantitative estimate of drug-likeness (QED) is 0.833. The molecule has 1 aromatic carbocycles. The molecular formula is C14H16N2O3. The number of carbonyl (C=O) groups is 1. The summed E-state index contributed by atoms with van der Waals surface area (Å²) in [6.45, 7) is 3.25. The predicted octanol–water partition coefficient (Wildman–Crippen LogP) is 2.23. The van der Waals surface area contributed by atoms with Crippen LogP contribution in [0.5, 0.6) is 0 Å². The van der Waals surface area contributed by atoms with Crippen LogP contribution < -0.4 is 5.32 Å². The van der Waals surface area contributed by atoms with E-state index in [2.05, 4.69) is 10.3 Å². The Kier molecular flexibility index (Phi) is 4.30. The lowest BCUT2D eigenvalue weighted by Crippen LogP contribution is -2.12. The summed E-state index contributed by atoms with van der Waals surface area (Å²) in [5, 5.41) is 12.0. The fourth-order valence-corrected chi connectivity index (χ4v) is 1.69. The molecule has 0 fully saturated rings. The maximum Gasteiger partial charge on any atom is 0.335 e. The number of benzene rings is 1. The molecule has 2 rings (SSSR count). The highest BCUT2D eigenvalue weighted by molar-refractivity contribution is 5.87. The molecule has 0 saturated carbocycles. The van der Waals surface area contributed by atoms with Gasteiger partial charge in [-0.2, -0.15) is 0 Å². The molecule has 0 radical (unpaired) electrons. The first kappa shape index (κ1) is 13.3. The Morgan fingerprint density at radius 3 is 2.63 bits per heavy atom. The number of aryl methyl sites for hydroxylation is 1. The molecule has 0 aliphatic carbocycles. The van der Waals surface area contributed by atoms with E-state index in [4.69, 9.17) is 9.52 Å². The van der Waals surface area contributed by atoms with E-state index in [1.807, 2.05) is 6.92 Å². The Bertz CT molecular complexity index is 546. The number of aromatic nitrogens is 1. The number of hydrogen-bond acceptors (Lipinski definition) is 4. The first-order valence-electron chi connectivity index (χ1n) is 6.15. The molecule has 0 atom stereocenters. The van der Waals surface area contributed by atoms with Crippen molar-refractivity contribution in [2.24, 2.45) is 0 Å². The summed E-state index contributed by atoms with van der Waals surface area (Å²) in [6, 6.07) is 6.80. The third kappa shape index (κ3) is 3.66. The van der Waals surface area contributed by atoms with Crippen molar-refractivity contribution in [3.63, 3.8) is 0 Å². The van der Waals surface area contributed by atoms with Crippen LogP contribution in [0, 0.1) is 0 Å². The third-order valence-electron chi connectivity index (χ3n) is 2.73. The van der Waals surface area contributed by atoms with Crippen molar-refractivity contribution in [1.82, 2.24) is 10.3 Å². The van der Waals surface area contributed by atoms with Crippen LogP contribution in [-0.4, -0.2) is 16.1 Å². The van der Waals surface area contributed by atoms with Gasteiger partial charge in [0, 0.05) is 13.0 Å². The third-order valence-corrected chi connectivity index (χ3v) is 2.73. The van der Waals surface area contributed by atoms with E-state index in [0.29, 0.717) is 18.7 Å². The molecule has 5 nitrogen and oxygen atoms in total. The summed E-state index contributed by atoms with van der Waals surface area (Å²) in [4.78, 5) is 14.8. The van der Waals surface area contributed by atoms with Crippen molar-refractivity contribution in [3.05, 3.63) is 53.2 Å². The minimum Gasteiger partial charge on any atom is -0.478 e. The van der Waals surface area contributed by atoms with Crippen LogP contribution in [0.4, 0.5) is 0 Å². The van der Waals surface area contributed by atoms with Crippen LogP contribution in [0.3, 0.4) is 0 Å². The van der Waals surface area contributed by atoms with E-state index in [9.17, 15) is 4.79 Å². The highest BCUT2D eigenvalue weighted by Gasteiger charge is 2.03. The van der Waals surface area contributed by atoms with Crippen molar-refractivity contribution < 1.29 is 14.3 Å². The van der Waals surface area contributed by atoms with Gasteiger partial charge in [-0.25, -0.2) is 9.78 Å². The minimum absolute atomic E-state index is 0.298. The Balaban J connectivity index is 1.83. The fraction of sp³-hybridized carbons (Fsp3) is 0.286. The molecule has 5 heteroatoms. The molecule has 0 bridgehead atoms. The Hall–Kier alpha value is -2.14. The molecule has 2 N–H and O–H groups in total. The number of aromatic carboxylic acids is 1. The molecule has 0 spiro atoms. The molecule has 2 aromatic rings. The number of carboxylic acid groups (broad SMARTS) is 1. The zero-order valence-corrected chi connectivity index (χ0v) is 10.7. The second kappa shape index (κ2) is 6.15. The lowest BCUT2D eigenvalue weighted by Gasteiger charge is -2.03. The number of rotatable bonds is 6. The normalized spacial score (nSPS) is 10.6. The molecule has 0 unspecified atom stereocenters. The summed E-state index contributed by atoms with van der Waals surface area (Å²) >= 11 is 0. The second-order valence-corrected chi connectivity index (χ2v) is 4.18. The molecule has 100 valence electrons. The summed E-state index contributed by atoms with van der Waals surface area (Å²) in [5.41, 5.74) is 1.33. The van der Waals surface area contributed by atoms with E-state index in [1.165, 1.54) is 0 Å². The van der Waals surface area contributed by atoms with E-state index in [0.717, 1.165) is 23.6 Å². The average Bonchev–Trinajstić information content (AvgIpc) is 2.87. The monoisotopic (exact) mass is 260 g/mol. The maximum atomic E-state index is 10.7. The first-order chi connectivity index (χ1) is 9.19. The second-order valence-electron chi connectivity index (χ2n) is 4.18. The highest BCUT2D eigenvalue weighted by Crippen LogP contribution is 2.06. The summed E-state index contributed by atoms with van der Waals surface area (Å²) in [5.74, 6) is 0.634. The maximum absolute atomic E-state index is 10.7. The van der Waals surface area contributed by atoms with Crippen molar-refractivity contribution in [3.8, 4) is 0 Å². The van der Waals surface area contributed by atoms with Gasteiger partial charge in [-0.15, -0.1) is 0 Å². The molecule has 19 heavy (non-hydrogen) atoms. The minimum atomic E-state index is -0.909. The van der Waals surface area contributed by atoms with E-state index in [1.54, 1.807) is 30.5 Å². The van der Waals surface area contributed by atoms with E-state index in [-0.39, 0.29) is 0 Å². The van der Waals surface area contributed by atoms with Crippen LogP contribution in [0.2, 0.25) is 0 Å². The Morgan fingerprint density at radius 1 is 1.32 bits per heavy atom. The van der Waals surface area contributed by atoms with Crippen molar-refractivity contribution in [2.45, 2.75) is 26.4 Å². The number of oxazole rings is 1. The smallest absolute Gasteiger partial charge is 0.335 e. The molecule has 0 amide bonds. The Morgan fingerprint density at radius 2 is 2.05 bits per heavy atom. The van der Waals surface area contributed by atoms with Gasteiger partial charge in [-0.1, -0.05) is 19.1 Å². The van der Waals surface area contributed by atoms with Gasteiger partial charge in [0.15, 0.2) is 5.89 Å². The average molecular weight is 260 g/mol. The topological polar surface area (TPSA) is 75.4 Å². The van der Waals surface area contributed by atoms with Crippen LogP contribution in [0.1, 0.15) is 34.5 Å². The van der Waals surface area contributed by atoms with Crippen LogP contribution >= 0.6 is 0 Å². The summed E-state index contributed by atoms with van der Waals surface area (Å²) in [7, 11) is 0. The van der Waals surface area contributed by atoms with Gasteiger partial charge < -0.3 is 14.8 Å². The lowest BCUT2D eigenvalue weighted by molar-refractivity contribution is 0.0697. The molecule has 1 heterocycles. The molecular weight excluding hydrogens is 244 g/mol. The summed E-state index contributed by atoms with van der Waals surface area (Å²) in [6.07, 6.45) is 2.51. The predicted molar refractivity (Wildman–Crippen MR) is 69.8 cm³/mol. The van der Waals surface area contributed by atoms with Gasteiger partial charge in [0.2, 0.25) is 0 Å². The van der Waals surface area contributed by atoms with Gasteiger partial charge in [-0.3, -0.25) is 0 Å². The molecule has 0 aliphatic rings. The SMILES string of the molecule is CCc1ncc(CNCc2ccc(C(=O)O)cc2)o1. The number of carboxylic acids is 1. The van der Waals surface area contributed by atoms with Crippen LogP contribution in [0.25, 0.3) is 0 Å². The zero-order chi connectivity index (χ0) is 13.7. The number of nitrogens with zero attached hydrogens (tertiary/aromatic N) is 1. The number of hydrogen-bond donors (Lipinski definition) is 2. The first-order valence-corrected chi connectivity index (χ1v) is 6.15. The van der Waals surface area contributed by atoms with Crippen molar-refractivity contribution in [2.75, 3.05) is 0 Å². The summed E-state index contributed by atoms with van der Waals surface area (Å²) < 4.78 is 5.47. The molecule has 1 aromatic heterocycles. The van der Waals surface area contributed by atoms with E-state index < -0.39 is 5.97 Å². The molecule has 0 saturated heterocycles. The van der Waals surface area contributed by atoms with Crippen LogP contribution in [0.15, 0.2) is 34.9 Å². The van der Waals surface area contributed by atoms with Gasteiger partial charge in [-0.05, 0) is 17.7 Å². The fourth-order valence-electron chi connectivity index (χ4n) is 1.69. The highest BCUT2D eigenvalue weighted by atomic mass is 16.4. The van der Waals surface area contributed by atoms with Crippen molar-refractivity contribution in [1.29, 1.82) is 0 Å². The number of nitrogens with one attached hydrogen (secondary N) is 1. The van der Waals surface area contributed by atoms with Gasteiger partial charge >= 0.3 is 5.97 Å². The lowest BCUT2D eigenvalue weighted by atomic mass is 10.1. The van der Waals surface area contributed by atoms with Gasteiger partial charge in [0.25, 0.3) is 0 Å². The van der Waals surface area contributed by atoms with Gasteiger partial charge in [0.05, 0.1) is 18.3 Å². The molecule has 0 aliphatic heterocycles. The zero-order valence-electron chi connectivity index (χ0n) is 10.7. The standard InChI is InChI=1S/C14H16N2O3/c1-2-13-16-9-12(19-13)8-15-7-10-3-5-11(6-4-10)14(17)18/h3-6,9,15H,2,7-8H2,1H3,(H,17,18). The largest absolute Gasteiger partial charge is 0.478 e. The van der Waals surface area contributed by atoms with Crippen molar-refractivity contribution >= 4 is 5.97 Å².